The lowest BCUT2D eigenvalue weighted by molar-refractivity contribution is -0.0264. The second kappa shape index (κ2) is 7.50. The van der Waals surface area contributed by atoms with E-state index in [9.17, 15) is 0 Å². The first-order chi connectivity index (χ1) is 10.1. The molecule has 1 unspecified atom stereocenters. The Hall–Kier alpha value is -0.740. The summed E-state index contributed by atoms with van der Waals surface area (Å²) in [6.45, 7) is 5.01. The van der Waals surface area contributed by atoms with Gasteiger partial charge >= 0.3 is 0 Å². The molecule has 0 amide bonds. The smallest absolute Gasteiger partial charge is 0.161 e. The number of halogens is 1. The van der Waals surface area contributed by atoms with Crippen LogP contribution in [0.2, 0.25) is 0 Å². The summed E-state index contributed by atoms with van der Waals surface area (Å²) in [6.07, 6.45) is 3.98. The maximum Gasteiger partial charge on any atom is 0.161 e. The average Bonchev–Trinajstić information content (AvgIpc) is 2.44. The lowest BCUT2D eigenvalue weighted by atomic mass is 9.78. The maximum atomic E-state index is 5.63. The zero-order chi connectivity index (χ0) is 15.4. The van der Waals surface area contributed by atoms with Crippen molar-refractivity contribution in [3.8, 4) is 11.5 Å². The summed E-state index contributed by atoms with van der Waals surface area (Å²) >= 11 is 3.84. The Labute approximate surface area is 136 Å². The third-order valence-electron chi connectivity index (χ3n) is 4.24. The van der Waals surface area contributed by atoms with E-state index in [2.05, 4.69) is 35.8 Å². The molecule has 1 fully saturated rings. The quantitative estimate of drug-likeness (QED) is 0.665. The highest BCUT2D eigenvalue weighted by Gasteiger charge is 2.31. The highest BCUT2D eigenvalue weighted by molar-refractivity contribution is 9.09. The summed E-state index contributed by atoms with van der Waals surface area (Å²) in [6, 6.07) is 4.14. The van der Waals surface area contributed by atoms with Crippen LogP contribution in [0.15, 0.2) is 12.1 Å². The van der Waals surface area contributed by atoms with E-state index >= 15 is 0 Å². The van der Waals surface area contributed by atoms with E-state index in [1.165, 1.54) is 24.0 Å². The van der Waals surface area contributed by atoms with Gasteiger partial charge in [0, 0.05) is 11.4 Å². The molecule has 0 heterocycles. The van der Waals surface area contributed by atoms with Crippen LogP contribution in [-0.4, -0.2) is 26.9 Å². The van der Waals surface area contributed by atoms with Gasteiger partial charge in [-0.1, -0.05) is 15.9 Å². The zero-order valence-electron chi connectivity index (χ0n) is 13.3. The predicted molar refractivity (Wildman–Crippen MR) is 88.7 cm³/mol. The average molecular weight is 357 g/mol. The van der Waals surface area contributed by atoms with Crippen molar-refractivity contribution in [1.82, 2.24) is 0 Å². The minimum absolute atomic E-state index is 0.352. The number of methoxy groups -OCH3 is 2. The van der Waals surface area contributed by atoms with Gasteiger partial charge < -0.3 is 14.2 Å². The Morgan fingerprint density at radius 2 is 1.81 bits per heavy atom. The monoisotopic (exact) mass is 356 g/mol. The normalized spacial score (nSPS) is 22.5. The van der Waals surface area contributed by atoms with E-state index in [0.29, 0.717) is 10.9 Å². The van der Waals surface area contributed by atoms with Crippen LogP contribution in [0.3, 0.4) is 0 Å². The molecule has 1 aromatic carbocycles. The number of ether oxygens (including phenoxy) is 3. The summed E-state index contributed by atoms with van der Waals surface area (Å²) in [5.41, 5.74) is 2.52. The summed E-state index contributed by atoms with van der Waals surface area (Å²) < 4.78 is 16.4. The molecule has 0 aromatic heterocycles. The molecule has 1 atom stereocenters. The molecule has 1 aliphatic rings. The van der Waals surface area contributed by atoms with Gasteiger partial charge in [-0.25, -0.2) is 0 Å². The molecule has 4 heteroatoms. The van der Waals surface area contributed by atoms with Crippen molar-refractivity contribution in [3.63, 3.8) is 0 Å². The highest BCUT2D eigenvalue weighted by atomic mass is 79.9. The van der Waals surface area contributed by atoms with Gasteiger partial charge in [0.05, 0.1) is 20.3 Å². The molecule has 0 saturated heterocycles. The van der Waals surface area contributed by atoms with Crippen molar-refractivity contribution in [1.29, 1.82) is 0 Å². The molecule has 0 radical (unpaired) electrons. The molecule has 1 saturated carbocycles. The second-order valence-electron chi connectivity index (χ2n) is 5.68. The molecule has 21 heavy (non-hydrogen) atoms. The molecule has 0 aliphatic heterocycles. The molecule has 2 rings (SSSR count). The number of rotatable bonds is 7. The maximum absolute atomic E-state index is 5.63. The fourth-order valence-corrected chi connectivity index (χ4v) is 4.01. The number of hydrogen-bond donors (Lipinski definition) is 0. The van der Waals surface area contributed by atoms with E-state index < -0.39 is 0 Å². The van der Waals surface area contributed by atoms with E-state index in [4.69, 9.17) is 14.2 Å². The summed E-state index contributed by atoms with van der Waals surface area (Å²) in [7, 11) is 3.35. The third-order valence-corrected chi connectivity index (χ3v) is 5.11. The lowest BCUT2D eigenvalue weighted by Crippen LogP contribution is -2.31. The van der Waals surface area contributed by atoms with Gasteiger partial charge in [-0.05, 0) is 62.3 Å². The lowest BCUT2D eigenvalue weighted by Gasteiger charge is -2.36. The third kappa shape index (κ3) is 3.92. The van der Waals surface area contributed by atoms with Crippen molar-refractivity contribution < 1.29 is 14.2 Å². The van der Waals surface area contributed by atoms with Crippen molar-refractivity contribution >= 4 is 15.9 Å². The van der Waals surface area contributed by atoms with Gasteiger partial charge in [0.25, 0.3) is 0 Å². The first-order valence-electron chi connectivity index (χ1n) is 7.57. The first-order valence-corrected chi connectivity index (χ1v) is 8.48. The number of benzene rings is 1. The number of alkyl halides is 1. The Morgan fingerprint density at radius 3 is 2.38 bits per heavy atom. The van der Waals surface area contributed by atoms with Gasteiger partial charge in [0.1, 0.15) is 0 Å². The fraction of sp³-hybridized carbons (Fsp3) is 0.647. The molecule has 0 N–H and O–H groups in total. The minimum atomic E-state index is 0.352. The van der Waals surface area contributed by atoms with Crippen LogP contribution in [-0.2, 0) is 4.74 Å². The van der Waals surface area contributed by atoms with Crippen LogP contribution in [0.4, 0.5) is 0 Å². The van der Waals surface area contributed by atoms with E-state index in [1.807, 2.05) is 6.07 Å². The second-order valence-corrected chi connectivity index (χ2v) is 6.79. The van der Waals surface area contributed by atoms with Gasteiger partial charge in [0.15, 0.2) is 11.5 Å². The van der Waals surface area contributed by atoms with Crippen molar-refractivity contribution in [2.75, 3.05) is 20.8 Å². The van der Waals surface area contributed by atoms with E-state index in [0.717, 1.165) is 30.4 Å². The topological polar surface area (TPSA) is 27.7 Å². The minimum Gasteiger partial charge on any atom is -0.493 e. The standard InChI is InChI=1S/C17H25BrO3/c1-5-21-13-7-12(8-13)9-15(18)14-10-17(20-4)16(19-3)6-11(14)2/h6,10,12-13,15H,5,7-9H2,1-4H3. The first kappa shape index (κ1) is 16.6. The van der Waals surface area contributed by atoms with Crippen molar-refractivity contribution in [2.24, 2.45) is 5.92 Å². The van der Waals surface area contributed by atoms with Gasteiger partial charge in [-0.15, -0.1) is 0 Å². The van der Waals surface area contributed by atoms with Crippen LogP contribution < -0.4 is 9.47 Å². The van der Waals surface area contributed by atoms with E-state index in [1.54, 1.807) is 14.2 Å². The Bertz CT molecular complexity index is 469. The van der Waals surface area contributed by atoms with Crippen molar-refractivity contribution in [2.45, 2.75) is 44.0 Å². The SMILES string of the molecule is CCOC1CC(CC(Br)c2cc(OC)c(OC)cc2C)C1. The largest absolute Gasteiger partial charge is 0.493 e. The summed E-state index contributed by atoms with van der Waals surface area (Å²) in [5, 5.41) is 0. The molecule has 1 aliphatic carbocycles. The molecule has 0 spiro atoms. The summed E-state index contributed by atoms with van der Waals surface area (Å²) in [4.78, 5) is 0.352. The van der Waals surface area contributed by atoms with Crippen LogP contribution in [0, 0.1) is 12.8 Å². The predicted octanol–water partition coefficient (Wildman–Crippen LogP) is 4.65. The Kier molecular flexibility index (Phi) is 5.94. The van der Waals surface area contributed by atoms with Crippen molar-refractivity contribution in [3.05, 3.63) is 23.3 Å². The highest BCUT2D eigenvalue weighted by Crippen LogP contribution is 2.43. The Balaban J connectivity index is 2.01. The number of aryl methyl sites for hydroxylation is 1. The Morgan fingerprint density at radius 1 is 1.19 bits per heavy atom. The molecule has 118 valence electrons. The van der Waals surface area contributed by atoms with E-state index in [-0.39, 0.29) is 0 Å². The molecular weight excluding hydrogens is 332 g/mol. The van der Waals surface area contributed by atoms with Gasteiger partial charge in [0.2, 0.25) is 0 Å². The fourth-order valence-electron chi connectivity index (χ4n) is 2.99. The van der Waals surface area contributed by atoms with Gasteiger partial charge in [-0.3, -0.25) is 0 Å². The van der Waals surface area contributed by atoms with Gasteiger partial charge in [-0.2, -0.15) is 0 Å². The summed E-state index contributed by atoms with van der Waals surface area (Å²) in [5.74, 6) is 2.33. The molecule has 1 aromatic rings. The molecular formula is C17H25BrO3. The van der Waals surface area contributed by atoms with Crippen LogP contribution in [0.1, 0.15) is 42.1 Å². The zero-order valence-corrected chi connectivity index (χ0v) is 14.9. The van der Waals surface area contributed by atoms with Crippen LogP contribution >= 0.6 is 15.9 Å². The van der Waals surface area contributed by atoms with Crippen LogP contribution in [0.25, 0.3) is 0 Å². The van der Waals surface area contributed by atoms with Crippen LogP contribution in [0.5, 0.6) is 11.5 Å². The molecule has 0 bridgehead atoms. The number of hydrogen-bond acceptors (Lipinski definition) is 3. The molecule has 3 nitrogen and oxygen atoms in total.